The summed E-state index contributed by atoms with van der Waals surface area (Å²) in [6, 6.07) is 7.71. The van der Waals surface area contributed by atoms with Crippen LogP contribution in [-0.4, -0.2) is 30.1 Å². The molecule has 6 heteroatoms. The summed E-state index contributed by atoms with van der Waals surface area (Å²) in [5.74, 6) is 1.15. The molecule has 1 aromatic carbocycles. The SMILES string of the molecule is O=C(Nc1ccc2c(c1)OCCO2)c1cncc(NC2CC2)c1. The molecule has 1 aliphatic carbocycles. The van der Waals surface area contributed by atoms with Gasteiger partial charge in [0.2, 0.25) is 0 Å². The normalized spacial score (nSPS) is 15.8. The molecule has 0 radical (unpaired) electrons. The number of carbonyl (C=O) groups excluding carboxylic acids is 1. The summed E-state index contributed by atoms with van der Waals surface area (Å²) < 4.78 is 11.0. The number of ether oxygens (including phenoxy) is 2. The highest BCUT2D eigenvalue weighted by atomic mass is 16.6. The lowest BCUT2D eigenvalue weighted by Crippen LogP contribution is -2.16. The fourth-order valence-electron chi connectivity index (χ4n) is 2.43. The molecule has 6 nitrogen and oxygen atoms in total. The van der Waals surface area contributed by atoms with Gasteiger partial charge in [0.1, 0.15) is 13.2 Å². The molecule has 1 fully saturated rings. The van der Waals surface area contributed by atoms with Gasteiger partial charge in [-0.3, -0.25) is 9.78 Å². The largest absolute Gasteiger partial charge is 0.486 e. The number of nitrogens with one attached hydrogen (secondary N) is 2. The topological polar surface area (TPSA) is 72.5 Å². The van der Waals surface area contributed by atoms with E-state index in [1.807, 2.05) is 6.07 Å². The van der Waals surface area contributed by atoms with Crippen molar-refractivity contribution in [2.75, 3.05) is 23.8 Å². The minimum absolute atomic E-state index is 0.200. The number of carbonyl (C=O) groups is 1. The fourth-order valence-corrected chi connectivity index (χ4v) is 2.43. The maximum Gasteiger partial charge on any atom is 0.257 e. The lowest BCUT2D eigenvalue weighted by Gasteiger charge is -2.19. The van der Waals surface area contributed by atoms with E-state index in [0.717, 1.165) is 5.69 Å². The summed E-state index contributed by atoms with van der Waals surface area (Å²) in [5.41, 5.74) is 2.06. The van der Waals surface area contributed by atoms with Gasteiger partial charge >= 0.3 is 0 Å². The van der Waals surface area contributed by atoms with Gasteiger partial charge in [-0.1, -0.05) is 0 Å². The molecule has 0 saturated heterocycles. The Hall–Kier alpha value is -2.76. The van der Waals surface area contributed by atoms with Crippen molar-refractivity contribution in [2.24, 2.45) is 0 Å². The molecule has 2 aliphatic rings. The number of anilines is 2. The van der Waals surface area contributed by atoms with Crippen molar-refractivity contribution in [3.8, 4) is 11.5 Å². The predicted molar refractivity (Wildman–Crippen MR) is 86.3 cm³/mol. The van der Waals surface area contributed by atoms with Crippen molar-refractivity contribution in [2.45, 2.75) is 18.9 Å². The number of pyridine rings is 1. The van der Waals surface area contributed by atoms with Gasteiger partial charge in [-0.25, -0.2) is 0 Å². The molecule has 1 aromatic heterocycles. The Labute approximate surface area is 133 Å². The van der Waals surface area contributed by atoms with Gasteiger partial charge in [-0.05, 0) is 31.0 Å². The Morgan fingerprint density at radius 3 is 2.70 bits per heavy atom. The van der Waals surface area contributed by atoms with Crippen molar-refractivity contribution < 1.29 is 14.3 Å². The van der Waals surface area contributed by atoms with Crippen LogP contribution in [0.15, 0.2) is 36.7 Å². The van der Waals surface area contributed by atoms with Crippen LogP contribution in [0.25, 0.3) is 0 Å². The average Bonchev–Trinajstić information content (AvgIpc) is 3.39. The van der Waals surface area contributed by atoms with E-state index >= 15 is 0 Å². The second-order valence-corrected chi connectivity index (χ2v) is 5.69. The molecule has 1 amide bonds. The Morgan fingerprint density at radius 1 is 1.04 bits per heavy atom. The maximum absolute atomic E-state index is 12.4. The first-order valence-corrected chi connectivity index (χ1v) is 7.70. The molecule has 4 rings (SSSR count). The van der Waals surface area contributed by atoms with Crippen LogP contribution < -0.4 is 20.1 Å². The second kappa shape index (κ2) is 5.79. The zero-order valence-electron chi connectivity index (χ0n) is 12.5. The first-order valence-electron chi connectivity index (χ1n) is 7.70. The summed E-state index contributed by atoms with van der Waals surface area (Å²) in [6.07, 6.45) is 5.64. The van der Waals surface area contributed by atoms with Crippen LogP contribution in [0.1, 0.15) is 23.2 Å². The molecule has 0 spiro atoms. The van der Waals surface area contributed by atoms with Gasteiger partial charge in [0.05, 0.1) is 11.3 Å². The Morgan fingerprint density at radius 2 is 1.87 bits per heavy atom. The van der Waals surface area contributed by atoms with E-state index in [2.05, 4.69) is 15.6 Å². The van der Waals surface area contributed by atoms with E-state index < -0.39 is 0 Å². The molecular formula is C17H17N3O3. The van der Waals surface area contributed by atoms with Gasteiger partial charge in [0.15, 0.2) is 11.5 Å². The predicted octanol–water partition coefficient (Wildman–Crippen LogP) is 2.68. The van der Waals surface area contributed by atoms with E-state index in [1.54, 1.807) is 30.6 Å². The smallest absolute Gasteiger partial charge is 0.257 e. The van der Waals surface area contributed by atoms with Crippen LogP contribution in [0.3, 0.4) is 0 Å². The van der Waals surface area contributed by atoms with Gasteiger partial charge in [0, 0.05) is 30.2 Å². The summed E-state index contributed by atoms with van der Waals surface area (Å²) in [4.78, 5) is 16.5. The number of rotatable bonds is 4. The monoisotopic (exact) mass is 311 g/mol. The van der Waals surface area contributed by atoms with Crippen LogP contribution in [0, 0.1) is 0 Å². The Bertz CT molecular complexity index is 744. The van der Waals surface area contributed by atoms with E-state index in [-0.39, 0.29) is 5.91 Å². The van der Waals surface area contributed by atoms with Crippen molar-refractivity contribution in [1.29, 1.82) is 0 Å². The quantitative estimate of drug-likeness (QED) is 0.908. The van der Waals surface area contributed by atoms with Crippen LogP contribution in [-0.2, 0) is 0 Å². The molecule has 2 aromatic rings. The standard InChI is InChI=1S/C17H17N3O3/c21-17(11-7-14(10-18-9-11)19-12-1-2-12)20-13-3-4-15-16(8-13)23-6-5-22-15/h3-4,7-10,12,19H,1-2,5-6H2,(H,20,21). The molecule has 2 heterocycles. The van der Waals surface area contributed by atoms with Gasteiger partial charge in [-0.2, -0.15) is 0 Å². The van der Waals surface area contributed by atoms with E-state index in [9.17, 15) is 4.79 Å². The highest BCUT2D eigenvalue weighted by molar-refractivity contribution is 6.04. The van der Waals surface area contributed by atoms with E-state index in [0.29, 0.717) is 42.0 Å². The number of hydrogen-bond donors (Lipinski definition) is 2. The highest BCUT2D eigenvalue weighted by Gasteiger charge is 2.21. The van der Waals surface area contributed by atoms with Crippen LogP contribution >= 0.6 is 0 Å². The van der Waals surface area contributed by atoms with Crippen molar-refractivity contribution in [1.82, 2.24) is 4.98 Å². The average molecular weight is 311 g/mol. The summed E-state index contributed by atoms with van der Waals surface area (Å²) in [7, 11) is 0. The van der Waals surface area contributed by atoms with Crippen LogP contribution in [0.2, 0.25) is 0 Å². The third kappa shape index (κ3) is 3.21. The summed E-state index contributed by atoms with van der Waals surface area (Å²) in [6.45, 7) is 1.06. The fraction of sp³-hybridized carbons (Fsp3) is 0.294. The summed E-state index contributed by atoms with van der Waals surface area (Å²) >= 11 is 0. The molecule has 0 bridgehead atoms. The van der Waals surface area contributed by atoms with Crippen LogP contribution in [0.4, 0.5) is 11.4 Å². The first-order chi connectivity index (χ1) is 11.3. The number of nitrogens with zero attached hydrogens (tertiary/aromatic N) is 1. The van der Waals surface area contributed by atoms with Crippen molar-refractivity contribution in [3.05, 3.63) is 42.2 Å². The Balaban J connectivity index is 1.48. The molecule has 1 aliphatic heterocycles. The molecular weight excluding hydrogens is 294 g/mol. The number of aromatic nitrogens is 1. The number of hydrogen-bond acceptors (Lipinski definition) is 5. The molecule has 2 N–H and O–H groups in total. The maximum atomic E-state index is 12.4. The first kappa shape index (κ1) is 13.9. The zero-order valence-corrected chi connectivity index (χ0v) is 12.5. The number of amides is 1. The van der Waals surface area contributed by atoms with Crippen LogP contribution in [0.5, 0.6) is 11.5 Å². The lowest BCUT2D eigenvalue weighted by molar-refractivity contribution is 0.102. The van der Waals surface area contributed by atoms with Gasteiger partial charge in [0.25, 0.3) is 5.91 Å². The molecule has 0 unspecified atom stereocenters. The molecule has 0 atom stereocenters. The minimum Gasteiger partial charge on any atom is -0.486 e. The number of fused-ring (bicyclic) bond motifs is 1. The van der Waals surface area contributed by atoms with Crippen molar-refractivity contribution in [3.63, 3.8) is 0 Å². The van der Waals surface area contributed by atoms with E-state index in [4.69, 9.17) is 9.47 Å². The molecule has 23 heavy (non-hydrogen) atoms. The lowest BCUT2D eigenvalue weighted by atomic mass is 10.2. The number of benzene rings is 1. The molecule has 118 valence electrons. The summed E-state index contributed by atoms with van der Waals surface area (Å²) in [5, 5.41) is 6.20. The van der Waals surface area contributed by atoms with Crippen molar-refractivity contribution >= 4 is 17.3 Å². The minimum atomic E-state index is -0.200. The third-order valence-electron chi connectivity index (χ3n) is 3.75. The third-order valence-corrected chi connectivity index (χ3v) is 3.75. The second-order valence-electron chi connectivity index (χ2n) is 5.69. The van der Waals surface area contributed by atoms with E-state index in [1.165, 1.54) is 12.8 Å². The van der Waals surface area contributed by atoms with Gasteiger partial charge < -0.3 is 20.1 Å². The highest BCUT2D eigenvalue weighted by Crippen LogP contribution is 2.32. The molecule has 1 saturated carbocycles. The Kier molecular flexibility index (Phi) is 3.49. The van der Waals surface area contributed by atoms with Gasteiger partial charge in [-0.15, -0.1) is 0 Å². The zero-order chi connectivity index (χ0) is 15.6.